The minimum Gasteiger partial charge on any atom is -0.368 e. The second-order valence-electron chi connectivity index (χ2n) is 7.58. The highest BCUT2D eigenvalue weighted by atomic mass is 127. The smallest absolute Gasteiger partial charge is 0.224 e. The van der Waals surface area contributed by atoms with Crippen molar-refractivity contribution in [3.63, 3.8) is 0 Å². The molecular weight excluding hydrogens is 538 g/mol. The van der Waals surface area contributed by atoms with E-state index in [1.54, 1.807) is 18.5 Å². The van der Waals surface area contributed by atoms with Gasteiger partial charge in [-0.05, 0) is 31.2 Å². The summed E-state index contributed by atoms with van der Waals surface area (Å²) in [6, 6.07) is 6.50. The van der Waals surface area contributed by atoms with E-state index >= 15 is 0 Å². The summed E-state index contributed by atoms with van der Waals surface area (Å²) in [5.74, 6) is 1.53. The quantitative estimate of drug-likeness (QED) is 0.271. The summed E-state index contributed by atoms with van der Waals surface area (Å²) in [6.07, 6.45) is 2.95. The number of aryl methyl sites for hydroxylation is 1. The summed E-state index contributed by atoms with van der Waals surface area (Å²) in [6.45, 7) is 9.50. The van der Waals surface area contributed by atoms with Crippen LogP contribution < -0.4 is 15.5 Å². The number of halogens is 2. The van der Waals surface area contributed by atoms with Gasteiger partial charge in [0.15, 0.2) is 5.96 Å². The highest BCUT2D eigenvalue weighted by Crippen LogP contribution is 2.17. The molecular formula is C22H34FIN8O. The highest BCUT2D eigenvalue weighted by Gasteiger charge is 2.21. The van der Waals surface area contributed by atoms with Crippen LogP contribution in [0.15, 0.2) is 35.6 Å². The molecule has 182 valence electrons. The number of hydrogen-bond donors (Lipinski definition) is 2. The molecule has 1 aromatic carbocycles. The fourth-order valence-electron chi connectivity index (χ4n) is 3.66. The van der Waals surface area contributed by atoms with E-state index in [9.17, 15) is 9.18 Å². The zero-order valence-electron chi connectivity index (χ0n) is 19.3. The van der Waals surface area contributed by atoms with Crippen molar-refractivity contribution in [1.29, 1.82) is 0 Å². The van der Waals surface area contributed by atoms with E-state index < -0.39 is 0 Å². The summed E-state index contributed by atoms with van der Waals surface area (Å²) in [7, 11) is 0. The van der Waals surface area contributed by atoms with E-state index in [-0.39, 0.29) is 35.7 Å². The second kappa shape index (κ2) is 14.0. The number of anilines is 1. The van der Waals surface area contributed by atoms with Crippen LogP contribution in [-0.4, -0.2) is 77.3 Å². The number of hydrogen-bond acceptors (Lipinski definition) is 5. The lowest BCUT2D eigenvalue weighted by atomic mass is 10.2. The number of rotatable bonds is 9. The molecule has 1 amide bonds. The molecule has 33 heavy (non-hydrogen) atoms. The zero-order valence-corrected chi connectivity index (χ0v) is 21.7. The maximum absolute atomic E-state index is 13.1. The van der Waals surface area contributed by atoms with E-state index in [4.69, 9.17) is 0 Å². The molecule has 2 heterocycles. The monoisotopic (exact) mass is 572 g/mol. The third kappa shape index (κ3) is 8.13. The van der Waals surface area contributed by atoms with E-state index in [0.29, 0.717) is 38.6 Å². The number of nitrogens with zero attached hydrogens (tertiary/aromatic N) is 6. The fraction of sp³-hybridized carbons (Fsp3) is 0.545. The van der Waals surface area contributed by atoms with Gasteiger partial charge in [0, 0.05) is 64.3 Å². The third-order valence-electron chi connectivity index (χ3n) is 5.42. The number of nitrogens with one attached hydrogen (secondary N) is 2. The van der Waals surface area contributed by atoms with E-state index in [2.05, 4.69) is 37.6 Å². The van der Waals surface area contributed by atoms with Crippen molar-refractivity contribution in [1.82, 2.24) is 30.3 Å². The molecule has 1 fully saturated rings. The van der Waals surface area contributed by atoms with E-state index in [1.165, 1.54) is 12.1 Å². The molecule has 11 heteroatoms. The van der Waals surface area contributed by atoms with E-state index in [1.807, 2.05) is 16.4 Å². The van der Waals surface area contributed by atoms with Crippen molar-refractivity contribution >= 4 is 41.5 Å². The van der Waals surface area contributed by atoms with Crippen LogP contribution >= 0.6 is 24.0 Å². The van der Waals surface area contributed by atoms with Crippen molar-refractivity contribution in [2.45, 2.75) is 33.2 Å². The van der Waals surface area contributed by atoms with Gasteiger partial charge < -0.3 is 25.0 Å². The lowest BCUT2D eigenvalue weighted by Gasteiger charge is -2.36. The maximum Gasteiger partial charge on any atom is 0.224 e. The first kappa shape index (κ1) is 26.8. The predicted molar refractivity (Wildman–Crippen MR) is 139 cm³/mol. The van der Waals surface area contributed by atoms with Crippen LogP contribution in [-0.2, 0) is 17.8 Å². The Hall–Kier alpha value is -2.44. The van der Waals surface area contributed by atoms with Gasteiger partial charge in [0.2, 0.25) is 5.91 Å². The Bertz CT molecular complexity index is 881. The summed E-state index contributed by atoms with van der Waals surface area (Å²) in [5, 5.41) is 14.5. The second-order valence-corrected chi connectivity index (χ2v) is 7.58. The van der Waals surface area contributed by atoms with Gasteiger partial charge in [-0.25, -0.2) is 4.39 Å². The Kier molecular flexibility index (Phi) is 11.3. The average molecular weight is 572 g/mol. The summed E-state index contributed by atoms with van der Waals surface area (Å²) in [4.78, 5) is 21.2. The number of benzene rings is 1. The largest absolute Gasteiger partial charge is 0.368 e. The number of aliphatic imine (C=N–C) groups is 1. The number of piperazine rings is 1. The summed E-state index contributed by atoms with van der Waals surface area (Å²) in [5.41, 5.74) is 0.988. The highest BCUT2D eigenvalue weighted by molar-refractivity contribution is 14.0. The first-order chi connectivity index (χ1) is 15.6. The van der Waals surface area contributed by atoms with E-state index in [0.717, 1.165) is 44.1 Å². The molecule has 1 aromatic heterocycles. The van der Waals surface area contributed by atoms with Gasteiger partial charge in [-0.1, -0.05) is 6.92 Å². The lowest BCUT2D eigenvalue weighted by molar-refractivity contribution is -0.131. The molecule has 0 aliphatic carbocycles. The molecule has 2 aromatic rings. The van der Waals surface area contributed by atoms with Gasteiger partial charge in [0.1, 0.15) is 18.0 Å². The standard InChI is InChI=1S/C22H33FN8O.HI/c1-3-20-28-27-17-31(20)12-11-26-22(24-4-2)25-10-9-21(32)30-15-13-29(14-16-30)19-7-5-18(23)6-8-19;/h5-8,17H,3-4,9-16H2,1-2H3,(H2,24,25,26);1H. The zero-order chi connectivity index (χ0) is 22.8. The van der Waals surface area contributed by atoms with Gasteiger partial charge in [0.05, 0.1) is 6.54 Å². The average Bonchev–Trinajstić information content (AvgIpc) is 3.27. The van der Waals surface area contributed by atoms with Crippen molar-refractivity contribution in [3.05, 3.63) is 42.2 Å². The molecule has 9 nitrogen and oxygen atoms in total. The molecule has 1 aliphatic heterocycles. The maximum atomic E-state index is 13.1. The van der Waals surface area contributed by atoms with Crippen molar-refractivity contribution in [2.75, 3.05) is 50.7 Å². The Morgan fingerprint density at radius 1 is 1.12 bits per heavy atom. The molecule has 0 unspecified atom stereocenters. The molecule has 1 saturated heterocycles. The minimum atomic E-state index is -0.237. The van der Waals surface area contributed by atoms with Crippen LogP contribution in [0.2, 0.25) is 0 Å². The number of carbonyl (C=O) groups is 1. The summed E-state index contributed by atoms with van der Waals surface area (Å²) < 4.78 is 15.1. The van der Waals surface area contributed by atoms with Gasteiger partial charge in [-0.2, -0.15) is 0 Å². The minimum absolute atomic E-state index is 0. The normalized spacial score (nSPS) is 14.1. The molecule has 0 spiro atoms. The van der Waals surface area contributed by atoms with Crippen molar-refractivity contribution in [2.24, 2.45) is 4.99 Å². The molecule has 0 radical (unpaired) electrons. The van der Waals surface area contributed by atoms with Crippen LogP contribution in [0.1, 0.15) is 26.1 Å². The molecule has 3 rings (SSSR count). The van der Waals surface area contributed by atoms with Gasteiger partial charge in [-0.3, -0.25) is 9.79 Å². The Labute approximate surface area is 211 Å². The molecule has 1 aliphatic rings. The van der Waals surface area contributed by atoms with Crippen molar-refractivity contribution < 1.29 is 9.18 Å². The SMILES string of the molecule is CCNC(=NCCC(=O)N1CCN(c2ccc(F)cc2)CC1)NCCn1cnnc1CC.I. The van der Waals surface area contributed by atoms with Crippen LogP contribution in [0.5, 0.6) is 0 Å². The van der Waals surface area contributed by atoms with Gasteiger partial charge in [-0.15, -0.1) is 34.2 Å². The fourth-order valence-corrected chi connectivity index (χ4v) is 3.66. The van der Waals surface area contributed by atoms with Crippen LogP contribution in [0.25, 0.3) is 0 Å². The van der Waals surface area contributed by atoms with Crippen molar-refractivity contribution in [3.8, 4) is 0 Å². The molecule has 0 bridgehead atoms. The molecule has 0 atom stereocenters. The Balaban J connectivity index is 0.00000385. The molecule has 0 saturated carbocycles. The summed E-state index contributed by atoms with van der Waals surface area (Å²) >= 11 is 0. The lowest BCUT2D eigenvalue weighted by Crippen LogP contribution is -2.49. The van der Waals surface area contributed by atoms with Crippen LogP contribution in [0.3, 0.4) is 0 Å². The topological polar surface area (TPSA) is 90.7 Å². The van der Waals surface area contributed by atoms with Gasteiger partial charge >= 0.3 is 0 Å². The van der Waals surface area contributed by atoms with Crippen LogP contribution in [0.4, 0.5) is 10.1 Å². The first-order valence-electron chi connectivity index (χ1n) is 11.3. The number of carbonyl (C=O) groups excluding carboxylic acids is 1. The van der Waals surface area contributed by atoms with Gasteiger partial charge in [0.25, 0.3) is 0 Å². The Morgan fingerprint density at radius 2 is 1.85 bits per heavy atom. The molecule has 2 N–H and O–H groups in total. The number of guanidine groups is 1. The first-order valence-corrected chi connectivity index (χ1v) is 11.3. The Morgan fingerprint density at radius 3 is 2.52 bits per heavy atom. The number of amides is 1. The number of aromatic nitrogens is 3. The van der Waals surface area contributed by atoms with Crippen LogP contribution in [0, 0.1) is 5.82 Å². The third-order valence-corrected chi connectivity index (χ3v) is 5.42. The predicted octanol–water partition coefficient (Wildman–Crippen LogP) is 1.89.